The molecule has 0 radical (unpaired) electrons. The molecule has 3 aromatic heterocycles. The average molecular weight is 419 g/mol. The van der Waals surface area contributed by atoms with Crippen molar-refractivity contribution in [3.63, 3.8) is 0 Å². The van der Waals surface area contributed by atoms with Crippen LogP contribution >= 0.6 is 11.6 Å². The highest BCUT2D eigenvalue weighted by Crippen LogP contribution is 2.32. The lowest BCUT2D eigenvalue weighted by atomic mass is 10.1. The smallest absolute Gasteiger partial charge is 0.374 e. The maximum Gasteiger partial charge on any atom is 0.374 e. The Bertz CT molecular complexity index is 1520. The molecule has 3 heterocycles. The number of rotatable bonds is 3. The van der Waals surface area contributed by atoms with Gasteiger partial charge >= 0.3 is 5.97 Å². The highest BCUT2D eigenvalue weighted by Gasteiger charge is 2.20. The Morgan fingerprint density at radius 2 is 1.97 bits per heavy atom. The number of ether oxygens (including phenoxy) is 1. The molecule has 148 valence electrons. The molecule has 30 heavy (non-hydrogen) atoms. The van der Waals surface area contributed by atoms with Crippen LogP contribution < -0.4 is 5.56 Å². The Hall–Kier alpha value is -3.64. The van der Waals surface area contributed by atoms with Crippen LogP contribution in [-0.4, -0.2) is 15.4 Å². The zero-order valence-corrected chi connectivity index (χ0v) is 16.6. The number of fused-ring (bicyclic) bond motifs is 4. The van der Waals surface area contributed by atoms with Crippen LogP contribution in [0.2, 0.25) is 5.02 Å². The molecule has 2 aromatic carbocycles. The van der Waals surface area contributed by atoms with E-state index >= 15 is 0 Å². The van der Waals surface area contributed by atoms with Crippen molar-refractivity contribution in [3.05, 3.63) is 93.2 Å². The zero-order chi connectivity index (χ0) is 20.8. The molecule has 0 saturated carbocycles. The van der Waals surface area contributed by atoms with Crippen molar-refractivity contribution in [1.82, 2.24) is 9.38 Å². The average Bonchev–Trinajstić information content (AvgIpc) is 3.10. The molecule has 6 nitrogen and oxygen atoms in total. The summed E-state index contributed by atoms with van der Waals surface area (Å²) in [6.45, 7) is 1.67. The number of esters is 1. The number of aryl methyl sites for hydroxylation is 1. The highest BCUT2D eigenvalue weighted by atomic mass is 35.5. The minimum Gasteiger partial charge on any atom is -0.453 e. The third-order valence-corrected chi connectivity index (χ3v) is 5.26. The largest absolute Gasteiger partial charge is 0.453 e. The molecule has 0 aliphatic rings. The lowest BCUT2D eigenvalue weighted by molar-refractivity contribution is 0.0432. The van der Waals surface area contributed by atoms with Crippen LogP contribution in [0.25, 0.3) is 27.4 Å². The summed E-state index contributed by atoms with van der Waals surface area (Å²) in [6.07, 6.45) is 1.49. The van der Waals surface area contributed by atoms with Crippen LogP contribution in [-0.2, 0) is 11.3 Å². The number of aromatic nitrogens is 2. The summed E-state index contributed by atoms with van der Waals surface area (Å²) in [7, 11) is 0. The first kappa shape index (κ1) is 18.4. The molecule has 0 amide bonds. The van der Waals surface area contributed by atoms with Gasteiger partial charge in [0.2, 0.25) is 5.76 Å². The van der Waals surface area contributed by atoms with Crippen molar-refractivity contribution in [2.45, 2.75) is 13.5 Å². The second-order valence-electron chi connectivity index (χ2n) is 6.96. The van der Waals surface area contributed by atoms with Gasteiger partial charge < -0.3 is 9.15 Å². The maximum absolute atomic E-state index is 12.7. The first-order valence-electron chi connectivity index (χ1n) is 9.27. The number of benzene rings is 2. The Morgan fingerprint density at radius 1 is 1.13 bits per heavy atom. The summed E-state index contributed by atoms with van der Waals surface area (Å²) in [5.74, 6) is -0.462. The predicted molar refractivity (Wildman–Crippen MR) is 114 cm³/mol. The zero-order valence-electron chi connectivity index (χ0n) is 15.9. The van der Waals surface area contributed by atoms with Crippen LogP contribution in [0.5, 0.6) is 0 Å². The minimum absolute atomic E-state index is 0.144. The topological polar surface area (TPSA) is 73.8 Å². The van der Waals surface area contributed by atoms with E-state index in [1.54, 1.807) is 12.1 Å². The SMILES string of the molecule is Cc1c(C(=O)OCc2cc(=O)n3cc(Cl)ccc3n2)oc2c1ccc1ccccc12. The maximum atomic E-state index is 12.7. The van der Waals surface area contributed by atoms with Crippen LogP contribution in [0, 0.1) is 6.92 Å². The summed E-state index contributed by atoms with van der Waals surface area (Å²) < 4.78 is 12.6. The third kappa shape index (κ3) is 3.02. The first-order chi connectivity index (χ1) is 14.5. The molecule has 0 bridgehead atoms. The van der Waals surface area contributed by atoms with Gasteiger partial charge in [0.25, 0.3) is 5.56 Å². The van der Waals surface area contributed by atoms with Gasteiger partial charge in [-0.1, -0.05) is 48.0 Å². The molecule has 0 aliphatic carbocycles. The quantitative estimate of drug-likeness (QED) is 0.389. The van der Waals surface area contributed by atoms with E-state index in [-0.39, 0.29) is 17.9 Å². The van der Waals surface area contributed by atoms with E-state index in [1.165, 1.54) is 16.7 Å². The van der Waals surface area contributed by atoms with Crippen LogP contribution in [0.3, 0.4) is 0 Å². The lowest BCUT2D eigenvalue weighted by Gasteiger charge is -2.05. The van der Waals surface area contributed by atoms with Gasteiger partial charge in [-0.25, -0.2) is 9.78 Å². The van der Waals surface area contributed by atoms with Crippen molar-refractivity contribution in [2.24, 2.45) is 0 Å². The second kappa shape index (κ2) is 7.00. The number of halogens is 1. The van der Waals surface area contributed by atoms with E-state index in [9.17, 15) is 9.59 Å². The van der Waals surface area contributed by atoms with Gasteiger partial charge in [0.05, 0.1) is 10.7 Å². The van der Waals surface area contributed by atoms with Gasteiger partial charge in [-0.05, 0) is 24.4 Å². The minimum atomic E-state index is -0.606. The molecule has 0 atom stereocenters. The van der Waals surface area contributed by atoms with Crippen molar-refractivity contribution in [1.29, 1.82) is 0 Å². The predicted octanol–water partition coefficient (Wildman–Crippen LogP) is 4.91. The molecule has 5 aromatic rings. The number of nitrogens with zero attached hydrogens (tertiary/aromatic N) is 2. The molecule has 0 fully saturated rings. The Kier molecular flexibility index (Phi) is 4.29. The van der Waals surface area contributed by atoms with E-state index in [0.29, 0.717) is 27.5 Å². The summed E-state index contributed by atoms with van der Waals surface area (Å²) in [6, 6.07) is 16.3. The number of furan rings is 1. The van der Waals surface area contributed by atoms with E-state index in [1.807, 2.05) is 43.3 Å². The van der Waals surface area contributed by atoms with Gasteiger partial charge in [0, 0.05) is 28.6 Å². The van der Waals surface area contributed by atoms with Gasteiger partial charge in [-0.15, -0.1) is 0 Å². The van der Waals surface area contributed by atoms with Gasteiger partial charge in [-0.2, -0.15) is 0 Å². The Labute approximate surface area is 175 Å². The lowest BCUT2D eigenvalue weighted by Crippen LogP contribution is -2.16. The third-order valence-electron chi connectivity index (χ3n) is 5.04. The van der Waals surface area contributed by atoms with Crippen LogP contribution in [0.4, 0.5) is 0 Å². The molecule has 0 unspecified atom stereocenters. The fourth-order valence-electron chi connectivity index (χ4n) is 3.55. The molecular formula is C23H15ClN2O4. The Balaban J connectivity index is 1.46. The highest BCUT2D eigenvalue weighted by molar-refractivity contribution is 6.30. The summed E-state index contributed by atoms with van der Waals surface area (Å²) >= 11 is 5.92. The standard InChI is InChI=1S/C23H15ClN2O4/c1-13-17-8-6-14-4-2-3-5-18(14)22(17)30-21(13)23(28)29-12-16-10-20(27)26-11-15(24)7-9-19(26)25-16/h2-11H,12H2,1H3. The second-order valence-corrected chi connectivity index (χ2v) is 7.39. The molecular weight excluding hydrogens is 404 g/mol. The first-order valence-corrected chi connectivity index (χ1v) is 9.65. The monoisotopic (exact) mass is 418 g/mol. The Morgan fingerprint density at radius 3 is 2.83 bits per heavy atom. The fourth-order valence-corrected chi connectivity index (χ4v) is 3.71. The molecule has 0 spiro atoms. The van der Waals surface area contributed by atoms with Gasteiger partial charge in [-0.3, -0.25) is 9.20 Å². The molecule has 0 saturated heterocycles. The van der Waals surface area contributed by atoms with Crippen molar-refractivity contribution in [2.75, 3.05) is 0 Å². The summed E-state index contributed by atoms with van der Waals surface area (Å²) in [5, 5.41) is 3.25. The number of pyridine rings is 1. The summed E-state index contributed by atoms with van der Waals surface area (Å²) in [4.78, 5) is 29.3. The van der Waals surface area contributed by atoms with Crippen molar-refractivity contribution in [3.8, 4) is 0 Å². The number of carbonyl (C=O) groups excluding carboxylic acids is 1. The molecule has 7 heteroatoms. The van der Waals surface area contributed by atoms with Crippen LogP contribution in [0.1, 0.15) is 21.8 Å². The summed E-state index contributed by atoms with van der Waals surface area (Å²) in [5.41, 5.74) is 1.82. The van der Waals surface area contributed by atoms with E-state index in [2.05, 4.69) is 4.98 Å². The van der Waals surface area contributed by atoms with Crippen molar-refractivity contribution >= 4 is 45.0 Å². The van der Waals surface area contributed by atoms with E-state index < -0.39 is 5.97 Å². The van der Waals surface area contributed by atoms with Gasteiger partial charge in [0.1, 0.15) is 17.8 Å². The fraction of sp³-hybridized carbons (Fsp3) is 0.0870. The molecule has 0 aliphatic heterocycles. The molecule has 5 rings (SSSR count). The number of carbonyl (C=O) groups is 1. The number of hydrogen-bond donors (Lipinski definition) is 0. The molecule has 0 N–H and O–H groups in total. The van der Waals surface area contributed by atoms with E-state index in [4.69, 9.17) is 20.8 Å². The normalized spacial score (nSPS) is 11.4. The van der Waals surface area contributed by atoms with Crippen molar-refractivity contribution < 1.29 is 13.9 Å². The van der Waals surface area contributed by atoms with Gasteiger partial charge in [0.15, 0.2) is 0 Å². The van der Waals surface area contributed by atoms with Crippen LogP contribution in [0.15, 0.2) is 70.0 Å². The van der Waals surface area contributed by atoms with E-state index in [0.717, 1.165) is 16.2 Å². The number of hydrogen-bond acceptors (Lipinski definition) is 5.